The van der Waals surface area contributed by atoms with Gasteiger partial charge < -0.3 is 4.74 Å². The van der Waals surface area contributed by atoms with Gasteiger partial charge in [0, 0.05) is 24.0 Å². The molecule has 0 aliphatic carbocycles. The first-order valence-electron chi connectivity index (χ1n) is 7.52. The van der Waals surface area contributed by atoms with Crippen LogP contribution in [0.15, 0.2) is 48.5 Å². The summed E-state index contributed by atoms with van der Waals surface area (Å²) in [4.78, 5) is 0. The van der Waals surface area contributed by atoms with E-state index in [0.717, 1.165) is 36.1 Å². The zero-order chi connectivity index (χ0) is 15.6. The van der Waals surface area contributed by atoms with Crippen molar-refractivity contribution in [1.29, 1.82) is 0 Å². The number of ether oxygens (including phenoxy) is 1. The lowest BCUT2D eigenvalue weighted by Gasteiger charge is -1.98. The van der Waals surface area contributed by atoms with Gasteiger partial charge in [-0.25, -0.2) is 0 Å². The zero-order valence-electron chi connectivity index (χ0n) is 13.1. The van der Waals surface area contributed by atoms with Gasteiger partial charge in [-0.2, -0.15) is 0 Å². The molecule has 2 aromatic rings. The van der Waals surface area contributed by atoms with E-state index in [1.165, 1.54) is 5.56 Å². The third kappa shape index (κ3) is 5.04. The SMILES string of the molecule is CCCC#CCc1ccc(C#Cc2ccc(OC)cc2)cc1. The molecule has 0 heterocycles. The number of benzene rings is 2. The van der Waals surface area contributed by atoms with Crippen LogP contribution in [0.5, 0.6) is 5.75 Å². The standard InChI is InChI=1S/C21H20O/c1-3-4-5-6-7-18-8-10-19(11-9-18)12-13-20-14-16-21(22-2)17-15-20/h8-11,14-17H,3-4,7H2,1-2H3. The third-order valence-corrected chi connectivity index (χ3v) is 3.19. The van der Waals surface area contributed by atoms with Gasteiger partial charge in [0.05, 0.1) is 7.11 Å². The molecule has 22 heavy (non-hydrogen) atoms. The van der Waals surface area contributed by atoms with Gasteiger partial charge in [0.15, 0.2) is 0 Å². The lowest BCUT2D eigenvalue weighted by Crippen LogP contribution is -1.83. The fourth-order valence-corrected chi connectivity index (χ4v) is 1.90. The Morgan fingerprint density at radius 3 is 1.95 bits per heavy atom. The van der Waals surface area contributed by atoms with Gasteiger partial charge >= 0.3 is 0 Å². The number of hydrogen-bond donors (Lipinski definition) is 0. The maximum absolute atomic E-state index is 5.13. The van der Waals surface area contributed by atoms with Crippen molar-refractivity contribution in [3.63, 3.8) is 0 Å². The van der Waals surface area contributed by atoms with E-state index in [1.807, 2.05) is 36.4 Å². The minimum atomic E-state index is 0.812. The van der Waals surface area contributed by atoms with Crippen LogP contribution in [0.4, 0.5) is 0 Å². The molecule has 0 aliphatic rings. The van der Waals surface area contributed by atoms with Crippen molar-refractivity contribution in [3.05, 3.63) is 65.2 Å². The normalized spacial score (nSPS) is 9.18. The van der Waals surface area contributed by atoms with Crippen molar-refractivity contribution in [2.45, 2.75) is 26.2 Å². The topological polar surface area (TPSA) is 9.23 Å². The van der Waals surface area contributed by atoms with E-state index in [9.17, 15) is 0 Å². The van der Waals surface area contributed by atoms with E-state index >= 15 is 0 Å². The molecule has 1 nitrogen and oxygen atoms in total. The summed E-state index contributed by atoms with van der Waals surface area (Å²) < 4.78 is 5.13. The van der Waals surface area contributed by atoms with Gasteiger partial charge in [-0.3, -0.25) is 0 Å². The molecule has 110 valence electrons. The molecule has 0 atom stereocenters. The number of methoxy groups -OCH3 is 1. The minimum Gasteiger partial charge on any atom is -0.497 e. The molecule has 0 bridgehead atoms. The highest BCUT2D eigenvalue weighted by molar-refractivity contribution is 5.45. The molecule has 0 aliphatic heterocycles. The predicted molar refractivity (Wildman–Crippen MR) is 91.8 cm³/mol. The first-order valence-corrected chi connectivity index (χ1v) is 7.52. The van der Waals surface area contributed by atoms with Gasteiger partial charge in [0.2, 0.25) is 0 Å². The van der Waals surface area contributed by atoms with Crippen LogP contribution in [0.3, 0.4) is 0 Å². The Labute approximate surface area is 133 Å². The van der Waals surface area contributed by atoms with Crippen LogP contribution in [-0.2, 0) is 6.42 Å². The average Bonchev–Trinajstić information content (AvgIpc) is 2.58. The second kappa shape index (κ2) is 8.60. The van der Waals surface area contributed by atoms with Gasteiger partial charge in [-0.15, -0.1) is 5.92 Å². The molecule has 2 aromatic carbocycles. The zero-order valence-corrected chi connectivity index (χ0v) is 13.1. The largest absolute Gasteiger partial charge is 0.497 e. The molecule has 0 saturated heterocycles. The lowest BCUT2D eigenvalue weighted by atomic mass is 10.1. The summed E-state index contributed by atoms with van der Waals surface area (Å²) in [5.74, 6) is 13.5. The van der Waals surface area contributed by atoms with Crippen LogP contribution in [-0.4, -0.2) is 7.11 Å². The third-order valence-electron chi connectivity index (χ3n) is 3.19. The molecule has 0 fully saturated rings. The number of hydrogen-bond acceptors (Lipinski definition) is 1. The summed E-state index contributed by atoms with van der Waals surface area (Å²) in [6.07, 6.45) is 2.91. The van der Waals surface area contributed by atoms with Crippen molar-refractivity contribution < 1.29 is 4.74 Å². The van der Waals surface area contributed by atoms with E-state index in [1.54, 1.807) is 7.11 Å². The first-order chi connectivity index (χ1) is 10.8. The first kappa shape index (κ1) is 15.7. The molecule has 0 unspecified atom stereocenters. The molecular formula is C21H20O. The van der Waals surface area contributed by atoms with Crippen LogP contribution in [0, 0.1) is 23.7 Å². The highest BCUT2D eigenvalue weighted by Gasteiger charge is 1.92. The predicted octanol–water partition coefficient (Wildman–Crippen LogP) is 4.44. The van der Waals surface area contributed by atoms with Crippen LogP contribution in [0.1, 0.15) is 36.5 Å². The molecular weight excluding hydrogens is 268 g/mol. The Balaban J connectivity index is 1.99. The Hall–Kier alpha value is -2.64. The van der Waals surface area contributed by atoms with Crippen molar-refractivity contribution in [2.75, 3.05) is 7.11 Å². The fraction of sp³-hybridized carbons (Fsp3) is 0.238. The molecule has 0 spiro atoms. The highest BCUT2D eigenvalue weighted by atomic mass is 16.5. The van der Waals surface area contributed by atoms with E-state index in [4.69, 9.17) is 4.74 Å². The van der Waals surface area contributed by atoms with Crippen LogP contribution in [0.2, 0.25) is 0 Å². The molecule has 0 amide bonds. The Morgan fingerprint density at radius 1 is 0.818 bits per heavy atom. The maximum atomic E-state index is 5.13. The number of rotatable bonds is 3. The van der Waals surface area contributed by atoms with Crippen LogP contribution >= 0.6 is 0 Å². The Kier molecular flexibility index (Phi) is 6.16. The summed E-state index contributed by atoms with van der Waals surface area (Å²) >= 11 is 0. The molecule has 0 saturated carbocycles. The van der Waals surface area contributed by atoms with E-state index in [2.05, 4.69) is 42.7 Å². The van der Waals surface area contributed by atoms with Gasteiger partial charge in [-0.1, -0.05) is 36.8 Å². The van der Waals surface area contributed by atoms with Crippen LogP contribution in [0.25, 0.3) is 0 Å². The van der Waals surface area contributed by atoms with Gasteiger partial charge in [0.25, 0.3) is 0 Å². The fourth-order valence-electron chi connectivity index (χ4n) is 1.90. The molecule has 0 aromatic heterocycles. The van der Waals surface area contributed by atoms with E-state index in [0.29, 0.717) is 0 Å². The van der Waals surface area contributed by atoms with Gasteiger partial charge in [0.1, 0.15) is 5.75 Å². The average molecular weight is 288 g/mol. The molecule has 2 rings (SSSR count). The summed E-state index contributed by atoms with van der Waals surface area (Å²) in [5, 5.41) is 0. The number of unbranched alkanes of at least 4 members (excludes halogenated alkanes) is 1. The summed E-state index contributed by atoms with van der Waals surface area (Å²) in [6, 6.07) is 16.1. The molecule has 0 radical (unpaired) electrons. The minimum absolute atomic E-state index is 0.812. The van der Waals surface area contributed by atoms with Crippen molar-refractivity contribution >= 4 is 0 Å². The second-order valence-electron chi connectivity index (χ2n) is 4.96. The van der Waals surface area contributed by atoms with Gasteiger partial charge in [-0.05, 0) is 48.4 Å². The quantitative estimate of drug-likeness (QED) is 0.759. The van der Waals surface area contributed by atoms with Crippen molar-refractivity contribution in [1.82, 2.24) is 0 Å². The highest BCUT2D eigenvalue weighted by Crippen LogP contribution is 2.10. The lowest BCUT2D eigenvalue weighted by molar-refractivity contribution is 0.415. The summed E-state index contributed by atoms with van der Waals surface area (Å²) in [7, 11) is 1.66. The summed E-state index contributed by atoms with van der Waals surface area (Å²) in [5.41, 5.74) is 3.23. The smallest absolute Gasteiger partial charge is 0.118 e. The van der Waals surface area contributed by atoms with E-state index < -0.39 is 0 Å². The molecule has 0 N–H and O–H groups in total. The Morgan fingerprint density at radius 2 is 1.41 bits per heavy atom. The van der Waals surface area contributed by atoms with E-state index in [-0.39, 0.29) is 0 Å². The monoisotopic (exact) mass is 288 g/mol. The summed E-state index contributed by atoms with van der Waals surface area (Å²) in [6.45, 7) is 2.14. The molecule has 1 heteroatoms. The van der Waals surface area contributed by atoms with Crippen molar-refractivity contribution in [2.24, 2.45) is 0 Å². The second-order valence-corrected chi connectivity index (χ2v) is 4.96. The maximum Gasteiger partial charge on any atom is 0.118 e. The van der Waals surface area contributed by atoms with Crippen LogP contribution < -0.4 is 4.74 Å². The van der Waals surface area contributed by atoms with Crippen molar-refractivity contribution in [3.8, 4) is 29.4 Å². The Bertz CT molecular complexity index is 701.